The highest BCUT2D eigenvalue weighted by atomic mass is 32.2. The van der Waals surface area contributed by atoms with Crippen LogP contribution in [0, 0.1) is 0 Å². The molecule has 0 radical (unpaired) electrons. The van der Waals surface area contributed by atoms with Crippen LogP contribution in [0.25, 0.3) is 0 Å². The van der Waals surface area contributed by atoms with E-state index in [2.05, 4.69) is 0 Å². The van der Waals surface area contributed by atoms with Crippen LogP contribution in [0.1, 0.15) is 5.56 Å². The Balaban J connectivity index is 2.13. The molecule has 2 aromatic rings. The van der Waals surface area contributed by atoms with Crippen LogP contribution in [0.5, 0.6) is 0 Å². The van der Waals surface area contributed by atoms with Gasteiger partial charge in [-0.15, -0.1) is 0 Å². The fourth-order valence-electron chi connectivity index (χ4n) is 1.88. The molecular weight excluding hydrogens is 274 g/mol. The third-order valence-electron chi connectivity index (χ3n) is 3.01. The largest absolute Gasteiger partial charge is 0.399 e. The van der Waals surface area contributed by atoms with Gasteiger partial charge in [-0.05, 0) is 42.0 Å². The minimum atomic E-state index is -3.64. The number of sulfonamides is 1. The van der Waals surface area contributed by atoms with Crippen molar-refractivity contribution >= 4 is 21.4 Å². The Kier molecular flexibility index (Phi) is 3.96. The van der Waals surface area contributed by atoms with Crippen LogP contribution in [0.15, 0.2) is 53.4 Å². The van der Waals surface area contributed by atoms with Gasteiger partial charge in [-0.3, -0.25) is 0 Å². The highest BCUT2D eigenvalue weighted by molar-refractivity contribution is 7.89. The van der Waals surface area contributed by atoms with Crippen molar-refractivity contribution in [1.29, 1.82) is 0 Å². The fourth-order valence-corrected chi connectivity index (χ4v) is 2.39. The molecule has 5 nitrogen and oxygen atoms in total. The topological polar surface area (TPSA) is 89.4 Å². The average molecular weight is 291 g/mol. The van der Waals surface area contributed by atoms with Gasteiger partial charge in [0, 0.05) is 25.0 Å². The minimum absolute atomic E-state index is 0.113. The van der Waals surface area contributed by atoms with Crippen molar-refractivity contribution in [3.63, 3.8) is 0 Å². The van der Waals surface area contributed by atoms with Crippen molar-refractivity contribution in [3.8, 4) is 0 Å². The number of hydrogen-bond acceptors (Lipinski definition) is 4. The summed E-state index contributed by atoms with van der Waals surface area (Å²) < 4.78 is 22.4. The number of primary sulfonamides is 1. The average Bonchev–Trinajstić information content (AvgIpc) is 2.40. The van der Waals surface area contributed by atoms with Gasteiger partial charge in [0.05, 0.1) is 4.90 Å². The molecule has 106 valence electrons. The number of anilines is 2. The summed E-state index contributed by atoms with van der Waals surface area (Å²) in [4.78, 5) is 2.13. The van der Waals surface area contributed by atoms with Crippen molar-refractivity contribution in [2.75, 3.05) is 17.7 Å². The molecule has 0 fully saturated rings. The van der Waals surface area contributed by atoms with Crippen LogP contribution in [-0.2, 0) is 16.6 Å². The van der Waals surface area contributed by atoms with Gasteiger partial charge in [0.1, 0.15) is 0 Å². The number of benzene rings is 2. The van der Waals surface area contributed by atoms with Crippen LogP contribution in [0.3, 0.4) is 0 Å². The van der Waals surface area contributed by atoms with Gasteiger partial charge in [-0.25, -0.2) is 13.6 Å². The monoisotopic (exact) mass is 291 g/mol. The summed E-state index contributed by atoms with van der Waals surface area (Å²) in [6.45, 7) is 0.703. The summed E-state index contributed by atoms with van der Waals surface area (Å²) in [7, 11) is -1.71. The Hall–Kier alpha value is -2.05. The second-order valence-corrected chi connectivity index (χ2v) is 6.20. The van der Waals surface area contributed by atoms with Crippen molar-refractivity contribution in [1.82, 2.24) is 0 Å². The minimum Gasteiger partial charge on any atom is -0.399 e. The van der Waals surface area contributed by atoms with Crippen LogP contribution >= 0.6 is 0 Å². The molecule has 4 N–H and O–H groups in total. The number of nitrogens with two attached hydrogens (primary N) is 2. The third kappa shape index (κ3) is 3.49. The van der Waals surface area contributed by atoms with E-state index in [1.54, 1.807) is 12.1 Å². The van der Waals surface area contributed by atoms with Gasteiger partial charge in [0.2, 0.25) is 10.0 Å². The number of rotatable bonds is 4. The van der Waals surface area contributed by atoms with Crippen molar-refractivity contribution in [2.24, 2.45) is 5.14 Å². The van der Waals surface area contributed by atoms with Gasteiger partial charge >= 0.3 is 0 Å². The van der Waals surface area contributed by atoms with E-state index in [1.165, 1.54) is 12.1 Å². The first-order valence-corrected chi connectivity index (χ1v) is 7.59. The zero-order valence-electron chi connectivity index (χ0n) is 11.2. The normalized spacial score (nSPS) is 11.3. The maximum atomic E-state index is 11.2. The maximum absolute atomic E-state index is 11.2. The predicted octanol–water partition coefficient (Wildman–Crippen LogP) is 1.55. The lowest BCUT2D eigenvalue weighted by molar-refractivity contribution is 0.598. The summed E-state index contributed by atoms with van der Waals surface area (Å²) in [5, 5.41) is 5.07. The van der Waals surface area contributed by atoms with Gasteiger partial charge < -0.3 is 10.6 Å². The van der Waals surface area contributed by atoms with Crippen LogP contribution in [-0.4, -0.2) is 15.5 Å². The summed E-state index contributed by atoms with van der Waals surface area (Å²) >= 11 is 0. The van der Waals surface area contributed by atoms with E-state index >= 15 is 0 Å². The molecule has 0 saturated carbocycles. The fraction of sp³-hybridized carbons (Fsp3) is 0.143. The lowest BCUT2D eigenvalue weighted by Crippen LogP contribution is -2.17. The quantitative estimate of drug-likeness (QED) is 0.836. The first-order chi connectivity index (χ1) is 9.36. The van der Waals surface area contributed by atoms with E-state index < -0.39 is 10.0 Å². The van der Waals surface area contributed by atoms with Crippen molar-refractivity contribution in [3.05, 3.63) is 54.1 Å². The Bertz CT molecular complexity index is 679. The Morgan fingerprint density at radius 1 is 1.00 bits per heavy atom. The smallest absolute Gasteiger partial charge is 0.238 e. The van der Waals surface area contributed by atoms with E-state index in [4.69, 9.17) is 10.9 Å². The highest BCUT2D eigenvalue weighted by Gasteiger charge is 2.08. The molecule has 0 saturated heterocycles. The summed E-state index contributed by atoms with van der Waals surface area (Å²) in [5.41, 5.74) is 8.41. The maximum Gasteiger partial charge on any atom is 0.238 e. The second kappa shape index (κ2) is 5.52. The summed E-state index contributed by atoms with van der Waals surface area (Å²) in [6.07, 6.45) is 0. The lowest BCUT2D eigenvalue weighted by Gasteiger charge is -2.19. The molecule has 0 bridgehead atoms. The second-order valence-electron chi connectivity index (χ2n) is 4.64. The SMILES string of the molecule is CN(Cc1ccc(N)cc1)c1ccc(S(N)(=O)=O)cc1. The molecule has 0 spiro atoms. The molecule has 0 atom stereocenters. The number of nitrogen functional groups attached to an aromatic ring is 1. The van der Waals surface area contributed by atoms with E-state index in [9.17, 15) is 8.42 Å². The first-order valence-electron chi connectivity index (χ1n) is 6.05. The molecular formula is C14H17N3O2S. The van der Waals surface area contributed by atoms with Crippen molar-refractivity contribution in [2.45, 2.75) is 11.4 Å². The Labute approximate surface area is 118 Å². The molecule has 2 rings (SSSR count). The number of nitrogens with zero attached hydrogens (tertiary/aromatic N) is 1. The number of hydrogen-bond donors (Lipinski definition) is 2. The third-order valence-corrected chi connectivity index (χ3v) is 3.93. The van der Waals surface area contributed by atoms with Gasteiger partial charge in [0.15, 0.2) is 0 Å². The molecule has 6 heteroatoms. The van der Waals surface area contributed by atoms with E-state index in [1.807, 2.05) is 36.2 Å². The Morgan fingerprint density at radius 2 is 1.55 bits per heavy atom. The Morgan fingerprint density at radius 3 is 2.05 bits per heavy atom. The highest BCUT2D eigenvalue weighted by Crippen LogP contribution is 2.18. The van der Waals surface area contributed by atoms with E-state index in [0.717, 1.165) is 16.9 Å². The predicted molar refractivity (Wildman–Crippen MR) is 80.8 cm³/mol. The zero-order chi connectivity index (χ0) is 14.8. The van der Waals surface area contributed by atoms with E-state index in [-0.39, 0.29) is 4.90 Å². The summed E-state index contributed by atoms with van der Waals surface area (Å²) in [5.74, 6) is 0. The molecule has 0 aliphatic rings. The molecule has 0 aliphatic heterocycles. The van der Waals surface area contributed by atoms with E-state index in [0.29, 0.717) is 6.54 Å². The molecule has 0 amide bonds. The molecule has 0 aromatic heterocycles. The molecule has 20 heavy (non-hydrogen) atoms. The zero-order valence-corrected chi connectivity index (χ0v) is 12.0. The van der Waals surface area contributed by atoms with Crippen LogP contribution in [0.4, 0.5) is 11.4 Å². The first kappa shape index (κ1) is 14.4. The summed E-state index contributed by atoms with van der Waals surface area (Å²) in [6, 6.07) is 14.1. The van der Waals surface area contributed by atoms with Crippen LogP contribution in [0.2, 0.25) is 0 Å². The molecule has 0 heterocycles. The van der Waals surface area contributed by atoms with Gasteiger partial charge in [-0.2, -0.15) is 0 Å². The standard InChI is InChI=1S/C14H17N3O2S/c1-17(10-11-2-4-12(15)5-3-11)13-6-8-14(9-7-13)20(16,18)19/h2-9H,10,15H2,1H3,(H2,16,18,19). The molecule has 0 aliphatic carbocycles. The van der Waals surface area contributed by atoms with Crippen LogP contribution < -0.4 is 15.8 Å². The lowest BCUT2D eigenvalue weighted by atomic mass is 10.2. The van der Waals surface area contributed by atoms with Gasteiger partial charge in [0.25, 0.3) is 0 Å². The van der Waals surface area contributed by atoms with Gasteiger partial charge in [-0.1, -0.05) is 12.1 Å². The van der Waals surface area contributed by atoms with Crippen molar-refractivity contribution < 1.29 is 8.42 Å². The molecule has 2 aromatic carbocycles. The molecule has 0 unspecified atom stereocenters.